The molecule has 0 bridgehead atoms. The summed E-state index contributed by atoms with van der Waals surface area (Å²) in [6, 6.07) is 16.3. The Hall–Kier alpha value is -2.86. The van der Waals surface area contributed by atoms with Crippen LogP contribution < -0.4 is 0 Å². The van der Waals surface area contributed by atoms with Gasteiger partial charge in [-0.3, -0.25) is 9.59 Å². The number of benzene rings is 2. The summed E-state index contributed by atoms with van der Waals surface area (Å²) in [4.78, 5) is 26.0. The maximum Gasteiger partial charge on any atom is 0.306 e. The maximum atomic E-state index is 12.5. The molecule has 1 aliphatic rings. The second-order valence-corrected chi connectivity index (χ2v) is 6.37. The van der Waals surface area contributed by atoms with Gasteiger partial charge in [0.15, 0.2) is 6.23 Å². The van der Waals surface area contributed by atoms with Crippen molar-refractivity contribution in [3.63, 3.8) is 0 Å². The maximum absolute atomic E-state index is 12.5. The van der Waals surface area contributed by atoms with Crippen molar-refractivity contribution in [2.75, 3.05) is 13.2 Å². The number of rotatable bonds is 7. The average molecular weight is 369 g/mol. The number of aromatic hydroxyl groups is 1. The molecule has 0 aliphatic carbocycles. The second kappa shape index (κ2) is 9.19. The van der Waals surface area contributed by atoms with E-state index in [0.717, 1.165) is 5.56 Å². The number of esters is 1. The Morgan fingerprint density at radius 1 is 1.07 bits per heavy atom. The minimum absolute atomic E-state index is 0.100. The Labute approximate surface area is 158 Å². The molecule has 0 aromatic heterocycles. The molecule has 1 aliphatic heterocycles. The minimum Gasteiger partial charge on any atom is -0.507 e. The van der Waals surface area contributed by atoms with Crippen molar-refractivity contribution in [2.45, 2.75) is 32.1 Å². The van der Waals surface area contributed by atoms with Gasteiger partial charge >= 0.3 is 5.97 Å². The Morgan fingerprint density at radius 3 is 2.59 bits per heavy atom. The summed E-state index contributed by atoms with van der Waals surface area (Å²) in [6.07, 6.45) is 0.252. The molecule has 0 spiro atoms. The minimum atomic E-state index is -0.580. The van der Waals surface area contributed by atoms with Gasteiger partial charge in [0.05, 0.1) is 6.61 Å². The summed E-state index contributed by atoms with van der Waals surface area (Å²) in [6.45, 7) is 1.13. The van der Waals surface area contributed by atoms with Crippen LogP contribution in [0.4, 0.5) is 0 Å². The van der Waals surface area contributed by atoms with Gasteiger partial charge in [0.2, 0.25) is 5.91 Å². The summed E-state index contributed by atoms with van der Waals surface area (Å²) in [5.41, 5.74) is 1.51. The second-order valence-electron chi connectivity index (χ2n) is 6.37. The highest BCUT2D eigenvalue weighted by Crippen LogP contribution is 2.33. The molecule has 0 radical (unpaired) electrons. The number of hydrogen-bond donors (Lipinski definition) is 1. The van der Waals surface area contributed by atoms with Gasteiger partial charge in [0.1, 0.15) is 12.4 Å². The Balaban J connectivity index is 1.44. The molecule has 6 heteroatoms. The van der Waals surface area contributed by atoms with Crippen molar-refractivity contribution in [3.05, 3.63) is 65.7 Å². The summed E-state index contributed by atoms with van der Waals surface area (Å²) >= 11 is 0. The molecule has 1 heterocycles. The smallest absolute Gasteiger partial charge is 0.306 e. The largest absolute Gasteiger partial charge is 0.507 e. The van der Waals surface area contributed by atoms with Crippen LogP contribution in [0, 0.1) is 0 Å². The molecule has 1 unspecified atom stereocenters. The highest BCUT2D eigenvalue weighted by atomic mass is 16.5. The number of carbonyl (C=O) groups is 2. The fourth-order valence-electron chi connectivity index (χ4n) is 3.02. The Kier molecular flexibility index (Phi) is 6.44. The predicted molar refractivity (Wildman–Crippen MR) is 98.6 cm³/mol. The van der Waals surface area contributed by atoms with Gasteiger partial charge in [-0.1, -0.05) is 48.5 Å². The van der Waals surface area contributed by atoms with E-state index in [9.17, 15) is 14.7 Å². The summed E-state index contributed by atoms with van der Waals surface area (Å²) in [5, 5.41) is 9.99. The first-order valence-corrected chi connectivity index (χ1v) is 9.03. The van der Waals surface area contributed by atoms with Crippen molar-refractivity contribution >= 4 is 11.9 Å². The van der Waals surface area contributed by atoms with Crippen LogP contribution in [0.2, 0.25) is 0 Å². The number of phenolic OH excluding ortho intramolecular Hbond substituents is 1. The van der Waals surface area contributed by atoms with Gasteiger partial charge in [-0.15, -0.1) is 0 Å². The number of para-hydroxylation sites is 1. The lowest BCUT2D eigenvalue weighted by atomic mass is 10.1. The molecule has 6 nitrogen and oxygen atoms in total. The molecule has 2 aromatic rings. The normalized spacial score (nSPS) is 16.3. The van der Waals surface area contributed by atoms with Crippen molar-refractivity contribution in [1.29, 1.82) is 0 Å². The molecular formula is C21H23NO5. The first kappa shape index (κ1) is 18.9. The quantitative estimate of drug-likeness (QED) is 0.759. The zero-order chi connectivity index (χ0) is 19.1. The molecule has 1 fully saturated rings. The zero-order valence-corrected chi connectivity index (χ0v) is 15.0. The third kappa shape index (κ3) is 5.08. The van der Waals surface area contributed by atoms with Gasteiger partial charge in [-0.25, -0.2) is 0 Å². The van der Waals surface area contributed by atoms with Crippen molar-refractivity contribution in [3.8, 4) is 5.75 Å². The number of carbonyl (C=O) groups excluding carboxylic acids is 2. The number of nitrogens with zero attached hydrogens (tertiary/aromatic N) is 1. The van der Waals surface area contributed by atoms with Gasteiger partial charge in [-0.2, -0.15) is 0 Å². The molecule has 1 N–H and O–H groups in total. The van der Waals surface area contributed by atoms with Gasteiger partial charge in [0.25, 0.3) is 0 Å². The third-order valence-corrected chi connectivity index (χ3v) is 4.43. The van der Waals surface area contributed by atoms with E-state index in [2.05, 4.69) is 0 Å². The fourth-order valence-corrected chi connectivity index (χ4v) is 3.02. The molecule has 142 valence electrons. The van der Waals surface area contributed by atoms with Gasteiger partial charge in [0, 0.05) is 24.9 Å². The van der Waals surface area contributed by atoms with Crippen molar-refractivity contribution in [1.82, 2.24) is 4.90 Å². The van der Waals surface area contributed by atoms with Crippen LogP contribution in [0.1, 0.15) is 36.6 Å². The lowest BCUT2D eigenvalue weighted by Crippen LogP contribution is -2.31. The van der Waals surface area contributed by atoms with Crippen LogP contribution >= 0.6 is 0 Å². The van der Waals surface area contributed by atoms with E-state index in [1.807, 2.05) is 30.3 Å². The number of hydrogen-bond acceptors (Lipinski definition) is 5. The van der Waals surface area contributed by atoms with E-state index >= 15 is 0 Å². The predicted octanol–water partition coefficient (Wildman–Crippen LogP) is 3.16. The Bertz CT molecular complexity index is 777. The zero-order valence-electron chi connectivity index (χ0n) is 15.0. The highest BCUT2D eigenvalue weighted by molar-refractivity contribution is 5.78. The lowest BCUT2D eigenvalue weighted by molar-refractivity contribution is -0.145. The van der Waals surface area contributed by atoms with E-state index in [1.54, 1.807) is 29.2 Å². The topological polar surface area (TPSA) is 76.1 Å². The van der Waals surface area contributed by atoms with Crippen molar-refractivity contribution in [2.24, 2.45) is 0 Å². The fraction of sp³-hybridized carbons (Fsp3) is 0.333. The Morgan fingerprint density at radius 2 is 1.81 bits per heavy atom. The molecule has 1 amide bonds. The molecule has 0 saturated carbocycles. The summed E-state index contributed by atoms with van der Waals surface area (Å²) in [7, 11) is 0. The molecular weight excluding hydrogens is 346 g/mol. The number of amides is 1. The van der Waals surface area contributed by atoms with Crippen LogP contribution in [0.15, 0.2) is 54.6 Å². The van der Waals surface area contributed by atoms with Gasteiger partial charge in [-0.05, 0) is 18.1 Å². The van der Waals surface area contributed by atoms with E-state index in [4.69, 9.17) is 9.47 Å². The van der Waals surface area contributed by atoms with Crippen LogP contribution in [-0.4, -0.2) is 35.0 Å². The highest BCUT2D eigenvalue weighted by Gasteiger charge is 2.32. The van der Waals surface area contributed by atoms with Crippen molar-refractivity contribution < 1.29 is 24.2 Å². The van der Waals surface area contributed by atoms with E-state index in [0.29, 0.717) is 25.1 Å². The summed E-state index contributed by atoms with van der Waals surface area (Å²) < 4.78 is 10.8. The van der Waals surface area contributed by atoms with E-state index in [1.165, 1.54) is 0 Å². The van der Waals surface area contributed by atoms with E-state index < -0.39 is 6.23 Å². The third-order valence-electron chi connectivity index (χ3n) is 4.43. The monoisotopic (exact) mass is 369 g/mol. The van der Waals surface area contributed by atoms with Crippen LogP contribution in [0.25, 0.3) is 0 Å². The van der Waals surface area contributed by atoms with Gasteiger partial charge < -0.3 is 19.5 Å². The first-order chi connectivity index (χ1) is 13.1. The first-order valence-electron chi connectivity index (χ1n) is 9.03. The standard InChI is InChI=1S/C21H23NO5/c23-18-10-5-4-9-17(18)21-22(13-14-26-21)19(24)11-6-12-20(25)27-15-16-7-2-1-3-8-16/h1-5,7-10,21,23H,6,11-15H2. The number of phenols is 1. The molecule has 2 aromatic carbocycles. The molecule has 1 saturated heterocycles. The van der Waals surface area contributed by atoms with E-state index in [-0.39, 0.29) is 37.1 Å². The average Bonchev–Trinajstić information content (AvgIpc) is 3.17. The lowest BCUT2D eigenvalue weighted by Gasteiger charge is -2.24. The van der Waals surface area contributed by atoms with Crippen LogP contribution in [0.3, 0.4) is 0 Å². The van der Waals surface area contributed by atoms with Crippen LogP contribution in [-0.2, 0) is 25.7 Å². The summed E-state index contributed by atoms with van der Waals surface area (Å²) in [5.74, 6) is -0.315. The molecule has 3 rings (SSSR count). The molecule has 1 atom stereocenters. The SMILES string of the molecule is O=C(CCCC(=O)N1CCOC1c1ccccc1O)OCc1ccccc1. The molecule has 27 heavy (non-hydrogen) atoms. The number of ether oxygens (including phenoxy) is 2. The van der Waals surface area contributed by atoms with Crippen LogP contribution in [0.5, 0.6) is 5.75 Å².